The zero-order chi connectivity index (χ0) is 20.9. The Hall–Kier alpha value is -3.46. The molecule has 0 spiro atoms. The molecule has 7 nitrogen and oxygen atoms in total. The van der Waals surface area contributed by atoms with Crippen molar-refractivity contribution in [3.05, 3.63) is 70.5 Å². The number of carbonyl (C=O) groups excluding carboxylic acids is 2. The van der Waals surface area contributed by atoms with Gasteiger partial charge in [-0.15, -0.1) is 11.3 Å². The third kappa shape index (κ3) is 4.93. The highest BCUT2D eigenvalue weighted by molar-refractivity contribution is 7.14. The van der Waals surface area contributed by atoms with Crippen molar-refractivity contribution in [3.63, 3.8) is 0 Å². The SMILES string of the molecule is O=C(CCc1csc(NC(=O)c2ccc(F)cc2)n1)NCc1ccc2c(c1)OCO2. The van der Waals surface area contributed by atoms with E-state index in [4.69, 9.17) is 9.47 Å². The number of thiazole rings is 1. The van der Waals surface area contributed by atoms with E-state index >= 15 is 0 Å². The van der Waals surface area contributed by atoms with Gasteiger partial charge in [0.2, 0.25) is 12.7 Å². The maximum absolute atomic E-state index is 12.9. The number of hydrogen-bond acceptors (Lipinski definition) is 6. The maximum atomic E-state index is 12.9. The van der Waals surface area contributed by atoms with Crippen molar-refractivity contribution in [2.75, 3.05) is 12.1 Å². The number of anilines is 1. The summed E-state index contributed by atoms with van der Waals surface area (Å²) < 4.78 is 23.5. The highest BCUT2D eigenvalue weighted by Gasteiger charge is 2.14. The summed E-state index contributed by atoms with van der Waals surface area (Å²) in [5.41, 5.74) is 1.98. The molecule has 2 heterocycles. The second-order valence-electron chi connectivity index (χ2n) is 6.57. The zero-order valence-corrected chi connectivity index (χ0v) is 16.6. The second-order valence-corrected chi connectivity index (χ2v) is 7.43. The average molecular weight is 427 g/mol. The van der Waals surface area contributed by atoms with Crippen LogP contribution in [-0.2, 0) is 17.8 Å². The van der Waals surface area contributed by atoms with Gasteiger partial charge in [0.1, 0.15) is 5.82 Å². The van der Waals surface area contributed by atoms with E-state index in [1.165, 1.54) is 35.6 Å². The molecule has 2 N–H and O–H groups in total. The number of benzene rings is 2. The van der Waals surface area contributed by atoms with Gasteiger partial charge in [-0.1, -0.05) is 6.07 Å². The van der Waals surface area contributed by atoms with Gasteiger partial charge in [-0.05, 0) is 48.4 Å². The summed E-state index contributed by atoms with van der Waals surface area (Å²) in [5, 5.41) is 7.77. The number of aromatic nitrogens is 1. The molecule has 2 aromatic carbocycles. The number of amides is 2. The van der Waals surface area contributed by atoms with E-state index in [1.54, 1.807) is 5.38 Å². The number of rotatable bonds is 7. The number of halogens is 1. The summed E-state index contributed by atoms with van der Waals surface area (Å²) in [6.07, 6.45) is 0.732. The Balaban J connectivity index is 1.23. The lowest BCUT2D eigenvalue weighted by Crippen LogP contribution is -2.23. The van der Waals surface area contributed by atoms with E-state index in [-0.39, 0.29) is 25.0 Å². The highest BCUT2D eigenvalue weighted by Crippen LogP contribution is 2.32. The van der Waals surface area contributed by atoms with Gasteiger partial charge in [0, 0.05) is 23.9 Å². The smallest absolute Gasteiger partial charge is 0.257 e. The fraction of sp³-hybridized carbons (Fsp3) is 0.190. The molecule has 0 bridgehead atoms. The van der Waals surface area contributed by atoms with Crippen molar-refractivity contribution in [3.8, 4) is 11.5 Å². The Kier molecular flexibility index (Phi) is 5.89. The van der Waals surface area contributed by atoms with Crippen molar-refractivity contribution < 1.29 is 23.5 Å². The number of hydrogen-bond donors (Lipinski definition) is 2. The molecular formula is C21H18FN3O4S. The maximum Gasteiger partial charge on any atom is 0.257 e. The third-order valence-corrected chi connectivity index (χ3v) is 5.22. The average Bonchev–Trinajstić information content (AvgIpc) is 3.40. The van der Waals surface area contributed by atoms with E-state index in [9.17, 15) is 14.0 Å². The van der Waals surface area contributed by atoms with E-state index in [1.807, 2.05) is 18.2 Å². The molecule has 0 saturated heterocycles. The molecule has 1 aromatic heterocycles. The summed E-state index contributed by atoms with van der Waals surface area (Å²) in [7, 11) is 0. The standard InChI is InChI=1S/C21H18FN3O4S/c22-15-4-2-14(3-5-15)20(27)25-21-24-16(11-30-21)6-8-19(26)23-10-13-1-7-17-18(9-13)29-12-28-17/h1-5,7,9,11H,6,8,10,12H2,(H,23,26)(H,24,25,27). The fourth-order valence-corrected chi connectivity index (χ4v) is 3.57. The monoisotopic (exact) mass is 427 g/mol. The van der Waals surface area contributed by atoms with E-state index < -0.39 is 5.82 Å². The minimum absolute atomic E-state index is 0.0995. The van der Waals surface area contributed by atoms with Gasteiger partial charge in [0.15, 0.2) is 16.6 Å². The van der Waals surface area contributed by atoms with Crippen LogP contribution in [0.25, 0.3) is 0 Å². The van der Waals surface area contributed by atoms with E-state index in [0.29, 0.717) is 40.9 Å². The Labute approximate surface area is 175 Å². The van der Waals surface area contributed by atoms with Crippen LogP contribution >= 0.6 is 11.3 Å². The molecule has 0 atom stereocenters. The lowest BCUT2D eigenvalue weighted by molar-refractivity contribution is -0.121. The van der Waals surface area contributed by atoms with E-state index in [2.05, 4.69) is 15.6 Å². The molecule has 2 amide bonds. The number of nitrogens with one attached hydrogen (secondary N) is 2. The van der Waals surface area contributed by atoms with Crippen LogP contribution in [0.15, 0.2) is 47.8 Å². The molecule has 30 heavy (non-hydrogen) atoms. The summed E-state index contributed by atoms with van der Waals surface area (Å²) in [5.74, 6) is 0.519. The van der Waals surface area contributed by atoms with Crippen LogP contribution in [0.5, 0.6) is 11.5 Å². The molecule has 0 fully saturated rings. The summed E-state index contributed by atoms with van der Waals surface area (Å²) >= 11 is 1.27. The predicted molar refractivity (Wildman–Crippen MR) is 109 cm³/mol. The van der Waals surface area contributed by atoms with Crippen LogP contribution in [0.1, 0.15) is 28.0 Å². The first-order valence-electron chi connectivity index (χ1n) is 9.23. The second kappa shape index (κ2) is 8.91. The summed E-state index contributed by atoms with van der Waals surface area (Å²) in [6.45, 7) is 0.608. The first kappa shape index (κ1) is 19.8. The summed E-state index contributed by atoms with van der Waals surface area (Å²) in [4.78, 5) is 28.6. The normalized spacial score (nSPS) is 11.9. The largest absolute Gasteiger partial charge is 0.454 e. The molecule has 4 rings (SSSR count). The molecular weight excluding hydrogens is 409 g/mol. The number of nitrogens with zero attached hydrogens (tertiary/aromatic N) is 1. The van der Waals surface area contributed by atoms with Crippen molar-refractivity contribution in [2.45, 2.75) is 19.4 Å². The molecule has 0 radical (unpaired) electrons. The molecule has 154 valence electrons. The first-order valence-corrected chi connectivity index (χ1v) is 10.1. The quantitative estimate of drug-likeness (QED) is 0.602. The third-order valence-electron chi connectivity index (χ3n) is 4.41. The fourth-order valence-electron chi connectivity index (χ4n) is 2.83. The lowest BCUT2D eigenvalue weighted by atomic mass is 10.2. The molecule has 3 aromatic rings. The molecule has 0 unspecified atom stereocenters. The van der Waals surface area contributed by atoms with Crippen LogP contribution in [-0.4, -0.2) is 23.6 Å². The minimum atomic E-state index is -0.403. The van der Waals surface area contributed by atoms with Gasteiger partial charge < -0.3 is 14.8 Å². The van der Waals surface area contributed by atoms with Crippen LogP contribution in [0.2, 0.25) is 0 Å². The van der Waals surface area contributed by atoms with Crippen molar-refractivity contribution in [1.82, 2.24) is 10.3 Å². The van der Waals surface area contributed by atoms with Crippen LogP contribution in [0.4, 0.5) is 9.52 Å². The molecule has 0 aliphatic carbocycles. The molecule has 0 saturated carbocycles. The van der Waals surface area contributed by atoms with Crippen LogP contribution < -0.4 is 20.1 Å². The highest BCUT2D eigenvalue weighted by atomic mass is 32.1. The zero-order valence-electron chi connectivity index (χ0n) is 15.8. The van der Waals surface area contributed by atoms with Gasteiger partial charge in [-0.3, -0.25) is 14.9 Å². The van der Waals surface area contributed by atoms with Gasteiger partial charge in [-0.2, -0.15) is 0 Å². The Morgan fingerprint density at radius 1 is 1.10 bits per heavy atom. The number of ether oxygens (including phenoxy) is 2. The van der Waals surface area contributed by atoms with Gasteiger partial charge >= 0.3 is 0 Å². The van der Waals surface area contributed by atoms with Gasteiger partial charge in [-0.25, -0.2) is 9.37 Å². The van der Waals surface area contributed by atoms with Gasteiger partial charge in [0.25, 0.3) is 5.91 Å². The number of aryl methyl sites for hydroxylation is 1. The van der Waals surface area contributed by atoms with Crippen molar-refractivity contribution >= 4 is 28.3 Å². The van der Waals surface area contributed by atoms with Crippen molar-refractivity contribution in [2.24, 2.45) is 0 Å². The Morgan fingerprint density at radius 3 is 2.73 bits per heavy atom. The Bertz CT molecular complexity index is 1070. The van der Waals surface area contributed by atoms with Crippen LogP contribution in [0, 0.1) is 5.82 Å². The van der Waals surface area contributed by atoms with Crippen molar-refractivity contribution in [1.29, 1.82) is 0 Å². The van der Waals surface area contributed by atoms with Crippen LogP contribution in [0.3, 0.4) is 0 Å². The first-order chi connectivity index (χ1) is 14.6. The lowest BCUT2D eigenvalue weighted by Gasteiger charge is -2.06. The molecule has 9 heteroatoms. The topological polar surface area (TPSA) is 89.6 Å². The summed E-state index contributed by atoms with van der Waals surface area (Å²) in [6, 6.07) is 10.8. The molecule has 1 aliphatic heterocycles. The number of fused-ring (bicyclic) bond motifs is 1. The van der Waals surface area contributed by atoms with Gasteiger partial charge in [0.05, 0.1) is 5.69 Å². The molecule has 1 aliphatic rings. The predicted octanol–water partition coefficient (Wildman–Crippen LogP) is 3.51. The number of carbonyl (C=O) groups is 2. The van der Waals surface area contributed by atoms with E-state index in [0.717, 1.165) is 5.56 Å². The Morgan fingerprint density at radius 2 is 1.90 bits per heavy atom. The minimum Gasteiger partial charge on any atom is -0.454 e.